The van der Waals surface area contributed by atoms with E-state index in [0.29, 0.717) is 23.0 Å². The number of hydrogen-bond acceptors (Lipinski definition) is 5. The number of aromatic nitrogens is 1. The molecule has 0 amide bonds. The summed E-state index contributed by atoms with van der Waals surface area (Å²) < 4.78 is 32.6. The van der Waals surface area contributed by atoms with Crippen LogP contribution in [0.3, 0.4) is 0 Å². The molecule has 1 fully saturated rings. The minimum absolute atomic E-state index is 0.221. The molecular weight excluding hydrogens is 314 g/mol. The summed E-state index contributed by atoms with van der Waals surface area (Å²) >= 11 is 0. The molecule has 1 aliphatic rings. The number of nitrogens with one attached hydrogen (secondary N) is 2. The minimum atomic E-state index is -3.66. The second kappa shape index (κ2) is 6.08. The molecule has 1 aliphatic carbocycles. The van der Waals surface area contributed by atoms with Gasteiger partial charge in [0.1, 0.15) is 11.6 Å². The molecule has 6 nitrogen and oxygen atoms in total. The predicted molar refractivity (Wildman–Crippen MR) is 89.4 cm³/mol. The second-order valence-corrected chi connectivity index (χ2v) is 7.24. The molecule has 7 heteroatoms. The lowest BCUT2D eigenvalue weighted by molar-refractivity contribution is 0.414. The standard InChI is InChI=1S/C16H19N3O3S/c1-11-9-14(22-2)6-7-15(11)23(20,21)19-13-5-8-16(17-10-13)18-12-3-4-12/h5-10,12,19H,3-4H2,1-2H3,(H,17,18). The van der Waals surface area contributed by atoms with E-state index in [9.17, 15) is 8.42 Å². The van der Waals surface area contributed by atoms with Crippen molar-refractivity contribution in [2.24, 2.45) is 0 Å². The zero-order chi connectivity index (χ0) is 16.4. The maximum atomic E-state index is 12.5. The first-order valence-corrected chi connectivity index (χ1v) is 8.86. The summed E-state index contributed by atoms with van der Waals surface area (Å²) in [5.74, 6) is 1.38. The normalized spacial score (nSPS) is 14.3. The summed E-state index contributed by atoms with van der Waals surface area (Å²) in [6, 6.07) is 8.84. The lowest BCUT2D eigenvalue weighted by Crippen LogP contribution is -2.14. The molecule has 1 aromatic carbocycles. The minimum Gasteiger partial charge on any atom is -0.497 e. The lowest BCUT2D eigenvalue weighted by atomic mass is 10.2. The van der Waals surface area contributed by atoms with E-state index in [-0.39, 0.29) is 4.90 Å². The van der Waals surface area contributed by atoms with Crippen LogP contribution in [0.1, 0.15) is 18.4 Å². The van der Waals surface area contributed by atoms with E-state index in [1.165, 1.54) is 12.3 Å². The molecule has 0 aliphatic heterocycles. The van der Waals surface area contributed by atoms with Crippen LogP contribution in [0.2, 0.25) is 0 Å². The fraction of sp³-hybridized carbons (Fsp3) is 0.312. The van der Waals surface area contributed by atoms with Gasteiger partial charge in [-0.3, -0.25) is 4.72 Å². The van der Waals surface area contributed by atoms with Crippen molar-refractivity contribution in [3.63, 3.8) is 0 Å². The summed E-state index contributed by atoms with van der Waals surface area (Å²) in [6.45, 7) is 1.73. The SMILES string of the molecule is COc1ccc(S(=O)(=O)Nc2ccc(NC3CC3)nc2)c(C)c1. The van der Waals surface area contributed by atoms with Gasteiger partial charge < -0.3 is 10.1 Å². The molecule has 1 saturated carbocycles. The Bertz CT molecular complexity index is 800. The molecule has 1 aromatic heterocycles. The summed E-state index contributed by atoms with van der Waals surface area (Å²) in [5, 5.41) is 3.26. The molecule has 0 atom stereocenters. The van der Waals surface area contributed by atoms with Crippen LogP contribution in [0.5, 0.6) is 5.75 Å². The van der Waals surface area contributed by atoms with Crippen molar-refractivity contribution in [1.82, 2.24) is 4.98 Å². The van der Waals surface area contributed by atoms with Crippen LogP contribution in [-0.4, -0.2) is 26.6 Å². The number of methoxy groups -OCH3 is 1. The van der Waals surface area contributed by atoms with Gasteiger partial charge in [-0.25, -0.2) is 13.4 Å². The van der Waals surface area contributed by atoms with Gasteiger partial charge in [-0.15, -0.1) is 0 Å². The van der Waals surface area contributed by atoms with Crippen LogP contribution in [0.4, 0.5) is 11.5 Å². The van der Waals surface area contributed by atoms with E-state index in [0.717, 1.165) is 18.7 Å². The zero-order valence-corrected chi connectivity index (χ0v) is 13.9. The van der Waals surface area contributed by atoms with Crippen molar-refractivity contribution in [1.29, 1.82) is 0 Å². The van der Waals surface area contributed by atoms with E-state index in [1.54, 1.807) is 38.3 Å². The van der Waals surface area contributed by atoms with Gasteiger partial charge in [-0.1, -0.05) is 0 Å². The predicted octanol–water partition coefficient (Wildman–Crippen LogP) is 2.77. The summed E-state index contributed by atoms with van der Waals surface area (Å²) in [4.78, 5) is 4.45. The second-order valence-electron chi connectivity index (χ2n) is 5.59. The number of anilines is 2. The molecule has 3 rings (SSSR count). The summed E-state index contributed by atoms with van der Waals surface area (Å²) in [6.07, 6.45) is 3.83. The van der Waals surface area contributed by atoms with Gasteiger partial charge in [-0.05, 0) is 55.7 Å². The average molecular weight is 333 g/mol. The van der Waals surface area contributed by atoms with Gasteiger partial charge in [0.2, 0.25) is 0 Å². The Labute approximate surface area is 136 Å². The van der Waals surface area contributed by atoms with Gasteiger partial charge in [-0.2, -0.15) is 0 Å². The highest BCUT2D eigenvalue weighted by atomic mass is 32.2. The Morgan fingerprint density at radius 2 is 2.00 bits per heavy atom. The van der Waals surface area contributed by atoms with Crippen LogP contribution < -0.4 is 14.8 Å². The molecule has 2 N–H and O–H groups in total. The number of sulfonamides is 1. The van der Waals surface area contributed by atoms with Crippen molar-refractivity contribution in [2.75, 3.05) is 17.1 Å². The van der Waals surface area contributed by atoms with Crippen LogP contribution in [-0.2, 0) is 10.0 Å². The van der Waals surface area contributed by atoms with E-state index in [4.69, 9.17) is 4.74 Å². The van der Waals surface area contributed by atoms with E-state index >= 15 is 0 Å². The Balaban J connectivity index is 1.77. The summed E-state index contributed by atoms with van der Waals surface area (Å²) in [7, 11) is -2.11. The van der Waals surface area contributed by atoms with Crippen molar-refractivity contribution < 1.29 is 13.2 Å². The Hall–Kier alpha value is -2.28. The molecule has 2 aromatic rings. The largest absolute Gasteiger partial charge is 0.497 e. The fourth-order valence-corrected chi connectivity index (χ4v) is 3.51. The molecule has 0 saturated heterocycles. The van der Waals surface area contributed by atoms with Crippen molar-refractivity contribution >= 4 is 21.5 Å². The first-order valence-electron chi connectivity index (χ1n) is 7.38. The van der Waals surface area contributed by atoms with Gasteiger partial charge in [0.15, 0.2) is 0 Å². The highest BCUT2D eigenvalue weighted by Gasteiger charge is 2.21. The molecule has 0 unspecified atom stereocenters. The smallest absolute Gasteiger partial charge is 0.262 e. The Morgan fingerprint density at radius 3 is 2.57 bits per heavy atom. The Morgan fingerprint density at radius 1 is 1.22 bits per heavy atom. The molecule has 0 radical (unpaired) electrons. The maximum Gasteiger partial charge on any atom is 0.262 e. The number of benzene rings is 1. The molecule has 0 bridgehead atoms. The van der Waals surface area contributed by atoms with E-state index in [1.807, 2.05) is 0 Å². The van der Waals surface area contributed by atoms with Gasteiger partial charge in [0.25, 0.3) is 10.0 Å². The highest BCUT2D eigenvalue weighted by molar-refractivity contribution is 7.92. The molecule has 0 spiro atoms. The van der Waals surface area contributed by atoms with Gasteiger partial charge in [0, 0.05) is 6.04 Å². The summed E-state index contributed by atoms with van der Waals surface area (Å²) in [5.41, 5.74) is 1.05. The average Bonchev–Trinajstić information content (AvgIpc) is 3.32. The third kappa shape index (κ3) is 3.73. The molecular formula is C16H19N3O3S. The number of hydrogen-bond donors (Lipinski definition) is 2. The van der Waals surface area contributed by atoms with Crippen LogP contribution in [0, 0.1) is 6.92 Å². The first kappa shape index (κ1) is 15.6. The van der Waals surface area contributed by atoms with Gasteiger partial charge >= 0.3 is 0 Å². The molecule has 23 heavy (non-hydrogen) atoms. The zero-order valence-electron chi connectivity index (χ0n) is 13.0. The Kier molecular flexibility index (Phi) is 4.12. The van der Waals surface area contributed by atoms with Crippen LogP contribution in [0.15, 0.2) is 41.4 Å². The first-order chi connectivity index (χ1) is 11.0. The van der Waals surface area contributed by atoms with Crippen molar-refractivity contribution in [2.45, 2.75) is 30.7 Å². The van der Waals surface area contributed by atoms with E-state index < -0.39 is 10.0 Å². The number of nitrogens with zero attached hydrogens (tertiary/aromatic N) is 1. The van der Waals surface area contributed by atoms with Crippen molar-refractivity contribution in [3.05, 3.63) is 42.1 Å². The fourth-order valence-electron chi connectivity index (χ4n) is 2.24. The third-order valence-corrected chi connectivity index (χ3v) is 5.16. The maximum absolute atomic E-state index is 12.5. The monoisotopic (exact) mass is 333 g/mol. The number of pyridine rings is 1. The molecule has 122 valence electrons. The number of rotatable bonds is 6. The van der Waals surface area contributed by atoms with E-state index in [2.05, 4.69) is 15.0 Å². The third-order valence-electron chi connectivity index (χ3n) is 3.62. The quantitative estimate of drug-likeness (QED) is 0.849. The lowest BCUT2D eigenvalue weighted by Gasteiger charge is -2.12. The molecule has 1 heterocycles. The van der Waals surface area contributed by atoms with Crippen LogP contribution >= 0.6 is 0 Å². The van der Waals surface area contributed by atoms with Crippen molar-refractivity contribution in [3.8, 4) is 5.75 Å². The number of ether oxygens (including phenoxy) is 1. The number of aryl methyl sites for hydroxylation is 1. The topological polar surface area (TPSA) is 80.3 Å². The van der Waals surface area contributed by atoms with Gasteiger partial charge in [0.05, 0.1) is 23.9 Å². The van der Waals surface area contributed by atoms with Crippen LogP contribution in [0.25, 0.3) is 0 Å². The highest BCUT2D eigenvalue weighted by Crippen LogP contribution is 2.25.